The lowest BCUT2D eigenvalue weighted by Gasteiger charge is -2.26. The van der Waals surface area contributed by atoms with E-state index in [0.29, 0.717) is 41.8 Å². The second kappa shape index (κ2) is 12.8. The topological polar surface area (TPSA) is 99.5 Å². The van der Waals surface area contributed by atoms with Crippen LogP contribution >= 0.6 is 11.6 Å². The highest BCUT2D eigenvalue weighted by atomic mass is 35.5. The van der Waals surface area contributed by atoms with Crippen LogP contribution in [0.4, 0.5) is 8.78 Å². The van der Waals surface area contributed by atoms with Gasteiger partial charge in [0.25, 0.3) is 11.8 Å². The van der Waals surface area contributed by atoms with E-state index in [4.69, 9.17) is 29.5 Å². The molecule has 37 heavy (non-hydrogen) atoms. The Morgan fingerprint density at radius 1 is 1.27 bits per heavy atom. The molecule has 2 fully saturated rings. The first-order chi connectivity index (χ1) is 17.6. The summed E-state index contributed by atoms with van der Waals surface area (Å²) in [6, 6.07) is 5.08. The smallest absolute Gasteiger partial charge is 0.335 e. The standard InChI is InChI=1S/C25H32ClF2N3O3.O2S/c1-4-31-23(19-10-9-18(11-20(19)33-3)34-14-17-12-25(17,27)28)21(26)22(30-31)24(32)29-13-16-7-5-15(2)6-8-16;1-3-2/h9-11,15-17H,4-8,12-14H2,1-3H3,(H,29,32);. The van der Waals surface area contributed by atoms with Crippen molar-refractivity contribution >= 4 is 29.1 Å². The molecule has 2 aliphatic carbocycles. The Hall–Kier alpha value is -2.53. The molecule has 1 unspecified atom stereocenters. The molecule has 204 valence electrons. The molecule has 0 spiro atoms. The van der Waals surface area contributed by atoms with Crippen LogP contribution in [0.1, 0.15) is 56.4 Å². The number of carbonyl (C=O) groups excluding carboxylic acids is 1. The zero-order valence-corrected chi connectivity index (χ0v) is 22.7. The van der Waals surface area contributed by atoms with E-state index in [2.05, 4.69) is 17.3 Å². The van der Waals surface area contributed by atoms with Gasteiger partial charge in [0, 0.05) is 31.1 Å². The highest BCUT2D eigenvalue weighted by Crippen LogP contribution is 2.48. The van der Waals surface area contributed by atoms with E-state index in [1.165, 1.54) is 20.0 Å². The second-order valence-corrected chi connectivity index (χ2v) is 10.1. The largest absolute Gasteiger partial charge is 0.496 e. The minimum Gasteiger partial charge on any atom is -0.496 e. The lowest BCUT2D eigenvalue weighted by Crippen LogP contribution is -2.31. The van der Waals surface area contributed by atoms with Crippen LogP contribution in [0.3, 0.4) is 0 Å². The molecule has 12 heteroatoms. The van der Waals surface area contributed by atoms with Crippen LogP contribution in [0, 0.1) is 17.8 Å². The van der Waals surface area contributed by atoms with Gasteiger partial charge in [-0.05, 0) is 43.7 Å². The molecule has 1 amide bonds. The summed E-state index contributed by atoms with van der Waals surface area (Å²) >= 11 is 5.93. The Labute approximate surface area is 223 Å². The molecule has 1 N–H and O–H groups in total. The molecule has 8 nitrogen and oxygen atoms in total. The maximum atomic E-state index is 13.1. The van der Waals surface area contributed by atoms with Crippen LogP contribution in [0.25, 0.3) is 11.3 Å². The second-order valence-electron chi connectivity index (χ2n) is 9.57. The zero-order chi connectivity index (χ0) is 27.2. The third-order valence-electron chi connectivity index (χ3n) is 6.93. The number of methoxy groups -OCH3 is 1. The maximum Gasteiger partial charge on any atom is 0.335 e. The first kappa shape index (κ1) is 29.0. The number of ether oxygens (including phenoxy) is 2. The highest BCUT2D eigenvalue weighted by molar-refractivity contribution is 7.51. The third-order valence-corrected chi connectivity index (χ3v) is 7.29. The van der Waals surface area contributed by atoms with Crippen molar-refractivity contribution in [2.75, 3.05) is 20.3 Å². The number of carbonyl (C=O) groups is 1. The summed E-state index contributed by atoms with van der Waals surface area (Å²) < 4.78 is 55.6. The first-order valence-electron chi connectivity index (χ1n) is 12.3. The molecule has 0 aliphatic heterocycles. The normalized spacial score (nSPS) is 21.8. The molecule has 1 heterocycles. The fourth-order valence-corrected chi connectivity index (χ4v) is 4.85. The molecule has 1 aromatic heterocycles. The van der Waals surface area contributed by atoms with Crippen LogP contribution in [-0.4, -0.2) is 50.3 Å². The van der Waals surface area contributed by atoms with Crippen molar-refractivity contribution < 1.29 is 31.5 Å². The van der Waals surface area contributed by atoms with Crippen LogP contribution in [0.15, 0.2) is 18.2 Å². The summed E-state index contributed by atoms with van der Waals surface area (Å²) in [6.45, 7) is 5.25. The van der Waals surface area contributed by atoms with Gasteiger partial charge in [0.2, 0.25) is 0 Å². The number of alkyl halides is 2. The Morgan fingerprint density at radius 2 is 1.92 bits per heavy atom. The highest BCUT2D eigenvalue weighted by Gasteiger charge is 2.57. The summed E-state index contributed by atoms with van der Waals surface area (Å²) in [7, 11) is 1.51. The van der Waals surface area contributed by atoms with E-state index in [1.807, 2.05) is 6.92 Å². The minimum absolute atomic E-state index is 0.0482. The average molecular weight is 560 g/mol. The number of amides is 1. The molecular formula is C25H32ClF2N3O5S. The van der Waals surface area contributed by atoms with E-state index in [1.54, 1.807) is 22.9 Å². The molecule has 1 aromatic carbocycles. The molecule has 0 saturated heterocycles. The van der Waals surface area contributed by atoms with Gasteiger partial charge >= 0.3 is 11.6 Å². The molecule has 0 bridgehead atoms. The zero-order valence-electron chi connectivity index (χ0n) is 21.1. The summed E-state index contributed by atoms with van der Waals surface area (Å²) in [5.74, 6) is -1.53. The lowest BCUT2D eigenvalue weighted by atomic mass is 9.83. The van der Waals surface area contributed by atoms with Crippen molar-refractivity contribution in [2.45, 2.75) is 58.4 Å². The summed E-state index contributed by atoms with van der Waals surface area (Å²) in [4.78, 5) is 12.9. The lowest BCUT2D eigenvalue weighted by molar-refractivity contribution is 0.0855. The third kappa shape index (κ3) is 7.28. The summed E-state index contributed by atoms with van der Waals surface area (Å²) in [6.07, 6.45) is 4.48. The van der Waals surface area contributed by atoms with Crippen molar-refractivity contribution in [3.63, 3.8) is 0 Å². The van der Waals surface area contributed by atoms with Gasteiger partial charge in [0.05, 0.1) is 30.4 Å². The van der Waals surface area contributed by atoms with E-state index < -0.39 is 23.4 Å². The quantitative estimate of drug-likeness (QED) is 0.456. The number of aryl methyl sites for hydroxylation is 1. The molecule has 2 saturated carbocycles. The number of benzene rings is 1. The Kier molecular flexibility index (Phi) is 10.1. The van der Waals surface area contributed by atoms with Crippen LogP contribution < -0.4 is 14.8 Å². The van der Waals surface area contributed by atoms with Crippen molar-refractivity contribution in [2.24, 2.45) is 17.8 Å². The van der Waals surface area contributed by atoms with Crippen molar-refractivity contribution in [1.82, 2.24) is 15.1 Å². The molecular weight excluding hydrogens is 528 g/mol. The minimum atomic E-state index is -2.63. The van der Waals surface area contributed by atoms with Gasteiger partial charge in [-0.1, -0.05) is 31.4 Å². The number of aromatic nitrogens is 2. The number of hydrogen-bond donors (Lipinski definition) is 1. The fraction of sp³-hybridized carbons (Fsp3) is 0.600. The SMILES string of the molecule is CCn1nc(C(=O)NCC2CCC(C)CC2)c(Cl)c1-c1ccc(OCC2CC2(F)F)cc1OC.O=S=O. The Bertz CT molecular complexity index is 1130. The Balaban J connectivity index is 0.00000121. The average Bonchev–Trinajstić information content (AvgIpc) is 3.36. The van der Waals surface area contributed by atoms with Gasteiger partial charge in [0.15, 0.2) is 5.69 Å². The van der Waals surface area contributed by atoms with E-state index in [0.717, 1.165) is 18.8 Å². The maximum absolute atomic E-state index is 13.1. The van der Waals surface area contributed by atoms with Crippen molar-refractivity contribution in [3.05, 3.63) is 28.9 Å². The molecule has 0 radical (unpaired) electrons. The van der Waals surface area contributed by atoms with Crippen molar-refractivity contribution in [1.29, 1.82) is 0 Å². The van der Waals surface area contributed by atoms with Gasteiger partial charge in [-0.2, -0.15) is 13.5 Å². The van der Waals surface area contributed by atoms with Crippen molar-refractivity contribution in [3.8, 4) is 22.8 Å². The van der Waals surface area contributed by atoms with Crippen LogP contribution in [0.2, 0.25) is 5.02 Å². The summed E-state index contributed by atoms with van der Waals surface area (Å²) in [5, 5.41) is 7.72. The number of nitrogens with one attached hydrogen (secondary N) is 1. The van der Waals surface area contributed by atoms with E-state index in [9.17, 15) is 13.6 Å². The van der Waals surface area contributed by atoms with Gasteiger partial charge < -0.3 is 14.8 Å². The van der Waals surface area contributed by atoms with E-state index in [-0.39, 0.29) is 29.7 Å². The fourth-order valence-electron chi connectivity index (χ4n) is 4.53. The monoisotopic (exact) mass is 559 g/mol. The van der Waals surface area contributed by atoms with Crippen LogP contribution in [-0.2, 0) is 18.1 Å². The number of hydrogen-bond acceptors (Lipinski definition) is 6. The first-order valence-corrected chi connectivity index (χ1v) is 13.3. The van der Waals surface area contributed by atoms with Gasteiger partial charge in [-0.3, -0.25) is 9.48 Å². The van der Waals surface area contributed by atoms with Gasteiger partial charge in [0.1, 0.15) is 11.5 Å². The number of nitrogens with zero attached hydrogens (tertiary/aromatic N) is 2. The molecule has 4 rings (SSSR count). The number of rotatable bonds is 9. The Morgan fingerprint density at radius 3 is 2.49 bits per heavy atom. The predicted molar refractivity (Wildman–Crippen MR) is 136 cm³/mol. The van der Waals surface area contributed by atoms with Gasteiger partial charge in [-0.25, -0.2) is 8.78 Å². The molecule has 1 atom stereocenters. The summed E-state index contributed by atoms with van der Waals surface area (Å²) in [5.41, 5.74) is 1.39. The predicted octanol–water partition coefficient (Wildman–Crippen LogP) is 5.15. The number of halogens is 3. The van der Waals surface area contributed by atoms with E-state index >= 15 is 0 Å². The molecule has 2 aromatic rings. The molecule has 2 aliphatic rings. The van der Waals surface area contributed by atoms with Gasteiger partial charge in [-0.15, -0.1) is 0 Å². The van der Waals surface area contributed by atoms with Crippen LogP contribution in [0.5, 0.6) is 11.5 Å².